The molecule has 118 valence electrons. The van der Waals surface area contributed by atoms with Crippen molar-refractivity contribution in [3.8, 4) is 0 Å². The summed E-state index contributed by atoms with van der Waals surface area (Å²) in [5, 5.41) is 18.5. The van der Waals surface area contributed by atoms with Crippen LogP contribution in [-0.2, 0) is 0 Å². The summed E-state index contributed by atoms with van der Waals surface area (Å²) in [5.74, 6) is 0.485. The van der Waals surface area contributed by atoms with E-state index in [4.69, 9.17) is 0 Å². The Kier molecular flexibility index (Phi) is 4.51. The summed E-state index contributed by atoms with van der Waals surface area (Å²) in [5.41, 5.74) is 5.89. The van der Waals surface area contributed by atoms with Gasteiger partial charge in [-0.15, -0.1) is 0 Å². The van der Waals surface area contributed by atoms with E-state index < -0.39 is 0 Å². The molecule has 2 heteroatoms. The second-order valence-corrected chi connectivity index (χ2v) is 6.77. The van der Waals surface area contributed by atoms with Crippen LogP contribution in [0.5, 0.6) is 0 Å². The molecule has 1 aromatic rings. The zero-order chi connectivity index (χ0) is 15.6. The van der Waals surface area contributed by atoms with Gasteiger partial charge in [-0.2, -0.15) is 0 Å². The fourth-order valence-corrected chi connectivity index (χ4v) is 4.19. The molecule has 0 radical (unpaired) electrons. The summed E-state index contributed by atoms with van der Waals surface area (Å²) in [6, 6.07) is 8.72. The first-order chi connectivity index (χ1) is 10.7. The molecule has 2 aliphatic carbocycles. The topological polar surface area (TPSA) is 40.5 Å². The lowest BCUT2D eigenvalue weighted by Crippen LogP contribution is -2.23. The van der Waals surface area contributed by atoms with Crippen molar-refractivity contribution < 1.29 is 10.2 Å². The Balaban J connectivity index is 1.89. The van der Waals surface area contributed by atoms with Crippen LogP contribution in [0.4, 0.5) is 0 Å². The molecule has 0 aromatic heterocycles. The van der Waals surface area contributed by atoms with E-state index in [0.29, 0.717) is 5.92 Å². The molecule has 0 aliphatic heterocycles. The van der Waals surface area contributed by atoms with Gasteiger partial charge >= 0.3 is 0 Å². The highest BCUT2D eigenvalue weighted by molar-refractivity contribution is 5.85. The van der Waals surface area contributed by atoms with Crippen molar-refractivity contribution in [2.75, 3.05) is 13.2 Å². The van der Waals surface area contributed by atoms with Crippen LogP contribution < -0.4 is 0 Å². The van der Waals surface area contributed by atoms with Crippen LogP contribution in [0.25, 0.3) is 5.57 Å². The van der Waals surface area contributed by atoms with E-state index in [9.17, 15) is 10.2 Å². The highest BCUT2D eigenvalue weighted by Crippen LogP contribution is 2.52. The van der Waals surface area contributed by atoms with E-state index in [1.165, 1.54) is 16.7 Å². The lowest BCUT2D eigenvalue weighted by atomic mass is 9.69. The lowest BCUT2D eigenvalue weighted by Gasteiger charge is -2.35. The van der Waals surface area contributed by atoms with Crippen molar-refractivity contribution in [1.82, 2.24) is 0 Å². The molecule has 2 nitrogen and oxygen atoms in total. The number of rotatable bonds is 6. The van der Waals surface area contributed by atoms with Crippen LogP contribution in [0.15, 0.2) is 42.0 Å². The van der Waals surface area contributed by atoms with Crippen LogP contribution in [0.2, 0.25) is 0 Å². The van der Waals surface area contributed by atoms with Gasteiger partial charge in [-0.3, -0.25) is 0 Å². The molecule has 1 unspecified atom stereocenters. The molecular weight excluding hydrogens is 272 g/mol. The number of hydrogen-bond acceptors (Lipinski definition) is 2. The minimum atomic E-state index is 0.112. The maximum Gasteiger partial charge on any atom is 0.0431 e. The molecule has 22 heavy (non-hydrogen) atoms. The van der Waals surface area contributed by atoms with Crippen molar-refractivity contribution in [1.29, 1.82) is 0 Å². The molecule has 0 fully saturated rings. The second kappa shape index (κ2) is 6.39. The maximum atomic E-state index is 9.23. The van der Waals surface area contributed by atoms with Crippen molar-refractivity contribution in [2.45, 2.75) is 44.9 Å². The summed E-state index contributed by atoms with van der Waals surface area (Å²) in [6.07, 6.45) is 9.38. The Morgan fingerprint density at radius 1 is 1.09 bits per heavy atom. The maximum absolute atomic E-state index is 9.23. The third kappa shape index (κ3) is 2.66. The molecule has 2 aliphatic rings. The van der Waals surface area contributed by atoms with Gasteiger partial charge in [-0.05, 0) is 54.2 Å². The quantitative estimate of drug-likeness (QED) is 0.832. The van der Waals surface area contributed by atoms with Crippen LogP contribution in [-0.4, -0.2) is 23.4 Å². The first kappa shape index (κ1) is 15.5. The van der Waals surface area contributed by atoms with E-state index in [0.717, 1.165) is 32.1 Å². The van der Waals surface area contributed by atoms with Crippen LogP contribution in [0.3, 0.4) is 0 Å². The largest absolute Gasteiger partial charge is 0.396 e. The van der Waals surface area contributed by atoms with E-state index in [1.54, 1.807) is 5.57 Å². The summed E-state index contributed by atoms with van der Waals surface area (Å²) in [6.45, 7) is 2.80. The van der Waals surface area contributed by atoms with E-state index in [-0.39, 0.29) is 18.6 Å². The number of benzene rings is 1. The molecular formula is C20H26O2. The van der Waals surface area contributed by atoms with E-state index in [2.05, 4.69) is 43.3 Å². The molecule has 0 spiro atoms. The van der Waals surface area contributed by atoms with Gasteiger partial charge in [0.25, 0.3) is 0 Å². The number of allylic oxidation sites excluding steroid dienone is 4. The average molecular weight is 298 g/mol. The zero-order valence-electron chi connectivity index (χ0n) is 13.4. The van der Waals surface area contributed by atoms with Gasteiger partial charge in [0.15, 0.2) is 0 Å². The van der Waals surface area contributed by atoms with Gasteiger partial charge in [-0.1, -0.05) is 48.9 Å². The van der Waals surface area contributed by atoms with Gasteiger partial charge in [0, 0.05) is 19.1 Å². The Labute approximate surface area is 133 Å². The van der Waals surface area contributed by atoms with Crippen LogP contribution in [0.1, 0.15) is 56.1 Å². The molecule has 0 saturated heterocycles. The lowest BCUT2D eigenvalue weighted by molar-refractivity contribution is 0.211. The van der Waals surface area contributed by atoms with Crippen LogP contribution in [0, 0.1) is 5.41 Å². The Morgan fingerprint density at radius 2 is 1.77 bits per heavy atom. The highest BCUT2D eigenvalue weighted by Gasteiger charge is 2.37. The summed E-state index contributed by atoms with van der Waals surface area (Å²) < 4.78 is 0. The fraction of sp³-hybridized carbons (Fsp3) is 0.500. The van der Waals surface area contributed by atoms with E-state index in [1.807, 2.05) is 0 Å². The summed E-state index contributed by atoms with van der Waals surface area (Å²) in [4.78, 5) is 0. The summed E-state index contributed by atoms with van der Waals surface area (Å²) in [7, 11) is 0. The SMILES string of the molecule is CC1C2=C(C=CC(CCCO)(CCCO)C2)c2ccccc21. The molecule has 3 rings (SSSR count). The van der Waals surface area contributed by atoms with E-state index >= 15 is 0 Å². The summed E-state index contributed by atoms with van der Waals surface area (Å²) >= 11 is 0. The molecule has 0 heterocycles. The third-order valence-corrected chi connectivity index (χ3v) is 5.40. The Hall–Kier alpha value is -1.38. The van der Waals surface area contributed by atoms with Crippen molar-refractivity contribution >= 4 is 5.57 Å². The van der Waals surface area contributed by atoms with Gasteiger partial charge < -0.3 is 10.2 Å². The van der Waals surface area contributed by atoms with Crippen molar-refractivity contribution in [3.05, 3.63) is 53.1 Å². The standard InChI is InChI=1S/C20H26O2/c1-15-16-6-2-3-7-17(16)18-8-11-20(9-4-12-21,10-5-13-22)14-19(15)18/h2-3,6-8,11,15,21-22H,4-5,9-10,12-14H2,1H3. The zero-order valence-corrected chi connectivity index (χ0v) is 13.4. The first-order valence-electron chi connectivity index (χ1n) is 8.44. The van der Waals surface area contributed by atoms with Crippen molar-refractivity contribution in [3.63, 3.8) is 0 Å². The minimum absolute atomic E-state index is 0.112. The first-order valence-corrected chi connectivity index (χ1v) is 8.44. The molecule has 1 aromatic carbocycles. The van der Waals surface area contributed by atoms with Gasteiger partial charge in [-0.25, -0.2) is 0 Å². The molecule has 2 N–H and O–H groups in total. The van der Waals surface area contributed by atoms with Gasteiger partial charge in [0.2, 0.25) is 0 Å². The second-order valence-electron chi connectivity index (χ2n) is 6.77. The highest BCUT2D eigenvalue weighted by atomic mass is 16.3. The number of aliphatic hydroxyl groups excluding tert-OH is 2. The average Bonchev–Trinajstić information content (AvgIpc) is 2.84. The molecule has 0 saturated carbocycles. The molecule has 0 amide bonds. The number of aliphatic hydroxyl groups is 2. The predicted octanol–water partition coefficient (Wildman–Crippen LogP) is 4.05. The normalized spacial score (nSPS) is 21.9. The number of hydrogen-bond donors (Lipinski definition) is 2. The van der Waals surface area contributed by atoms with Gasteiger partial charge in [0.05, 0.1) is 0 Å². The van der Waals surface area contributed by atoms with Crippen molar-refractivity contribution in [2.24, 2.45) is 5.41 Å². The molecule has 1 atom stereocenters. The Morgan fingerprint density at radius 3 is 2.45 bits per heavy atom. The predicted molar refractivity (Wildman–Crippen MR) is 90.6 cm³/mol. The monoisotopic (exact) mass is 298 g/mol. The van der Waals surface area contributed by atoms with Crippen LogP contribution >= 0.6 is 0 Å². The minimum Gasteiger partial charge on any atom is -0.396 e. The van der Waals surface area contributed by atoms with Gasteiger partial charge in [0.1, 0.15) is 0 Å². The fourth-order valence-electron chi connectivity index (χ4n) is 4.19. The smallest absolute Gasteiger partial charge is 0.0431 e. The number of fused-ring (bicyclic) bond motifs is 2. The molecule has 0 bridgehead atoms. The Bertz CT molecular complexity index is 589. The third-order valence-electron chi connectivity index (χ3n) is 5.40.